The van der Waals surface area contributed by atoms with Crippen molar-refractivity contribution in [2.75, 3.05) is 19.7 Å². The highest BCUT2D eigenvalue weighted by Gasteiger charge is 2.28. The van der Waals surface area contributed by atoms with E-state index in [-0.39, 0.29) is 24.2 Å². The minimum absolute atomic E-state index is 0.0317. The molecule has 5 nitrogen and oxygen atoms in total. The van der Waals surface area contributed by atoms with E-state index in [0.29, 0.717) is 41.9 Å². The minimum atomic E-state index is -0.271. The number of nitrogens with zero attached hydrogens (tertiary/aromatic N) is 2. The Kier molecular flexibility index (Phi) is 6.33. The number of halogens is 2. The van der Waals surface area contributed by atoms with Gasteiger partial charge in [-0.1, -0.05) is 35.9 Å². The molecule has 0 radical (unpaired) electrons. The van der Waals surface area contributed by atoms with Crippen LogP contribution in [0.25, 0.3) is 0 Å². The molecule has 1 unspecified atom stereocenters. The Hall–Kier alpha value is -2.86. The highest BCUT2D eigenvalue weighted by molar-refractivity contribution is 6.32. The molecule has 2 aromatic carbocycles. The molecule has 0 spiro atoms. The van der Waals surface area contributed by atoms with Crippen LogP contribution in [0.3, 0.4) is 0 Å². The van der Waals surface area contributed by atoms with Gasteiger partial charge in [0, 0.05) is 19.5 Å². The first-order chi connectivity index (χ1) is 14.6. The zero-order valence-electron chi connectivity index (χ0n) is 16.4. The Morgan fingerprint density at radius 1 is 1.27 bits per heavy atom. The monoisotopic (exact) mass is 428 g/mol. The number of benzene rings is 2. The molecule has 1 atom stereocenters. The van der Waals surface area contributed by atoms with Gasteiger partial charge in [-0.05, 0) is 42.7 Å². The zero-order valence-corrected chi connectivity index (χ0v) is 17.1. The molecule has 0 aliphatic carbocycles. The molecule has 1 aliphatic rings. The minimum Gasteiger partial charge on any atom is -0.482 e. The Labute approximate surface area is 179 Å². The van der Waals surface area contributed by atoms with Gasteiger partial charge in [-0.3, -0.25) is 4.79 Å². The van der Waals surface area contributed by atoms with E-state index in [1.165, 1.54) is 12.1 Å². The quantitative estimate of drug-likeness (QED) is 0.563. The number of ether oxygens (including phenoxy) is 1. The second kappa shape index (κ2) is 9.30. The summed E-state index contributed by atoms with van der Waals surface area (Å²) in [6.07, 6.45) is 3.92. The number of likely N-dealkylation sites (tertiary alicyclic amines) is 1. The first kappa shape index (κ1) is 20.4. The molecule has 156 valence electrons. The third-order valence-electron chi connectivity index (χ3n) is 5.15. The summed E-state index contributed by atoms with van der Waals surface area (Å²) in [6.45, 7) is 1.15. The smallest absolute Gasteiger partial charge is 0.260 e. The highest BCUT2D eigenvalue weighted by atomic mass is 35.5. The lowest BCUT2D eigenvalue weighted by Crippen LogP contribution is -2.41. The third kappa shape index (κ3) is 5.00. The highest BCUT2D eigenvalue weighted by Crippen LogP contribution is 2.28. The summed E-state index contributed by atoms with van der Waals surface area (Å²) in [7, 11) is 0. The fourth-order valence-corrected chi connectivity index (χ4v) is 3.83. The van der Waals surface area contributed by atoms with E-state index >= 15 is 0 Å². The van der Waals surface area contributed by atoms with E-state index < -0.39 is 0 Å². The van der Waals surface area contributed by atoms with Crippen molar-refractivity contribution in [3.8, 4) is 5.75 Å². The average Bonchev–Trinajstić information content (AvgIpc) is 3.21. The van der Waals surface area contributed by atoms with Crippen LogP contribution in [-0.2, 0) is 11.2 Å². The number of oxazole rings is 1. The van der Waals surface area contributed by atoms with Gasteiger partial charge in [0.25, 0.3) is 5.91 Å². The number of amides is 1. The van der Waals surface area contributed by atoms with Crippen LogP contribution in [0.2, 0.25) is 5.02 Å². The summed E-state index contributed by atoms with van der Waals surface area (Å²) in [5.74, 6) is 1.46. The van der Waals surface area contributed by atoms with Gasteiger partial charge >= 0.3 is 0 Å². The third-order valence-corrected chi connectivity index (χ3v) is 5.46. The number of aromatic nitrogens is 1. The Bertz CT molecular complexity index is 1020. The normalized spacial score (nSPS) is 16.5. The predicted octanol–water partition coefficient (Wildman–Crippen LogP) is 4.84. The lowest BCUT2D eigenvalue weighted by Gasteiger charge is -2.31. The van der Waals surface area contributed by atoms with Crippen molar-refractivity contribution in [2.24, 2.45) is 0 Å². The fraction of sp³-hybridized carbons (Fsp3) is 0.304. The number of hydrogen-bond donors (Lipinski definition) is 0. The number of rotatable bonds is 6. The van der Waals surface area contributed by atoms with Gasteiger partial charge in [-0.25, -0.2) is 9.37 Å². The topological polar surface area (TPSA) is 55.6 Å². The van der Waals surface area contributed by atoms with Crippen molar-refractivity contribution in [3.05, 3.63) is 82.8 Å². The van der Waals surface area contributed by atoms with E-state index in [1.54, 1.807) is 29.3 Å². The number of para-hydroxylation sites is 1. The van der Waals surface area contributed by atoms with E-state index in [9.17, 15) is 9.18 Å². The summed E-state index contributed by atoms with van der Waals surface area (Å²) in [5.41, 5.74) is 0.829. The SMILES string of the molecule is O=C(COc1ccccc1Cl)N1CCCC(c2ncc(Cc3cccc(F)c3)o2)C1. The van der Waals surface area contributed by atoms with E-state index in [4.69, 9.17) is 20.8 Å². The van der Waals surface area contributed by atoms with Crippen molar-refractivity contribution in [1.29, 1.82) is 0 Å². The maximum atomic E-state index is 13.4. The van der Waals surface area contributed by atoms with Gasteiger partial charge in [0.2, 0.25) is 0 Å². The van der Waals surface area contributed by atoms with E-state index in [1.807, 2.05) is 18.2 Å². The van der Waals surface area contributed by atoms with Crippen LogP contribution in [0.1, 0.15) is 36.0 Å². The van der Waals surface area contributed by atoms with Crippen LogP contribution in [0, 0.1) is 5.82 Å². The molecule has 0 N–H and O–H groups in total. The van der Waals surface area contributed by atoms with Crippen molar-refractivity contribution in [3.63, 3.8) is 0 Å². The van der Waals surface area contributed by atoms with Gasteiger partial charge in [0.05, 0.1) is 17.1 Å². The standard InChI is InChI=1S/C23H22ClFN2O3/c24-20-8-1-2-9-21(20)29-15-22(28)27-10-4-6-17(14-27)23-26-13-19(30-23)12-16-5-3-7-18(25)11-16/h1-3,5,7-9,11,13,17H,4,6,10,12,14-15H2. The van der Waals surface area contributed by atoms with Crippen molar-refractivity contribution in [1.82, 2.24) is 9.88 Å². The summed E-state index contributed by atoms with van der Waals surface area (Å²) in [5, 5.41) is 0.479. The Balaban J connectivity index is 1.35. The second-order valence-corrected chi connectivity index (χ2v) is 7.78. The van der Waals surface area contributed by atoms with Crippen LogP contribution < -0.4 is 4.74 Å². The number of piperidine rings is 1. The van der Waals surface area contributed by atoms with Gasteiger partial charge in [-0.2, -0.15) is 0 Å². The van der Waals surface area contributed by atoms with Crippen LogP contribution >= 0.6 is 11.6 Å². The maximum absolute atomic E-state index is 13.4. The Morgan fingerprint density at radius 3 is 2.97 bits per heavy atom. The molecule has 2 heterocycles. The lowest BCUT2D eigenvalue weighted by molar-refractivity contribution is -0.134. The molecule has 4 rings (SSSR count). The maximum Gasteiger partial charge on any atom is 0.260 e. The van der Waals surface area contributed by atoms with E-state index in [2.05, 4.69) is 4.98 Å². The van der Waals surface area contributed by atoms with Crippen LogP contribution in [-0.4, -0.2) is 35.5 Å². The zero-order chi connectivity index (χ0) is 20.9. The largest absolute Gasteiger partial charge is 0.482 e. The van der Waals surface area contributed by atoms with Gasteiger partial charge < -0.3 is 14.1 Å². The molecule has 1 aromatic heterocycles. The number of hydrogen-bond acceptors (Lipinski definition) is 4. The van der Waals surface area contributed by atoms with Crippen LogP contribution in [0.15, 0.2) is 59.1 Å². The van der Waals surface area contributed by atoms with Crippen molar-refractivity contribution in [2.45, 2.75) is 25.2 Å². The van der Waals surface area contributed by atoms with Crippen molar-refractivity contribution >= 4 is 17.5 Å². The van der Waals surface area contributed by atoms with E-state index in [0.717, 1.165) is 18.4 Å². The number of carbonyl (C=O) groups excluding carboxylic acids is 1. The molecular formula is C23H22ClFN2O3. The molecule has 0 saturated carbocycles. The van der Waals surface area contributed by atoms with Crippen LogP contribution in [0.5, 0.6) is 5.75 Å². The molecule has 7 heteroatoms. The molecular weight excluding hydrogens is 407 g/mol. The molecule has 1 aliphatic heterocycles. The fourth-order valence-electron chi connectivity index (χ4n) is 3.64. The van der Waals surface area contributed by atoms with Gasteiger partial charge in [-0.15, -0.1) is 0 Å². The Morgan fingerprint density at radius 2 is 2.13 bits per heavy atom. The molecule has 1 fully saturated rings. The van der Waals surface area contributed by atoms with Gasteiger partial charge in [0.15, 0.2) is 12.5 Å². The lowest BCUT2D eigenvalue weighted by atomic mass is 9.98. The number of carbonyl (C=O) groups is 1. The molecule has 1 saturated heterocycles. The molecule has 1 amide bonds. The first-order valence-corrected chi connectivity index (χ1v) is 10.3. The molecule has 0 bridgehead atoms. The van der Waals surface area contributed by atoms with Gasteiger partial charge in [0.1, 0.15) is 17.3 Å². The van der Waals surface area contributed by atoms with Crippen LogP contribution in [0.4, 0.5) is 4.39 Å². The second-order valence-electron chi connectivity index (χ2n) is 7.37. The first-order valence-electron chi connectivity index (χ1n) is 9.92. The summed E-state index contributed by atoms with van der Waals surface area (Å²) in [6, 6.07) is 13.5. The van der Waals surface area contributed by atoms with Crippen molar-refractivity contribution < 1.29 is 18.3 Å². The molecule has 30 heavy (non-hydrogen) atoms. The summed E-state index contributed by atoms with van der Waals surface area (Å²) >= 11 is 6.07. The summed E-state index contributed by atoms with van der Waals surface area (Å²) < 4.78 is 24.9. The average molecular weight is 429 g/mol. The predicted molar refractivity (Wildman–Crippen MR) is 111 cm³/mol. The molecule has 3 aromatic rings. The summed E-state index contributed by atoms with van der Waals surface area (Å²) in [4.78, 5) is 18.8.